The molecule has 0 radical (unpaired) electrons. The number of ether oxygens (including phenoxy) is 2. The van der Waals surface area contributed by atoms with Crippen LogP contribution >= 0.6 is 0 Å². The number of carboxylic acids is 1. The number of aromatic nitrogens is 1. The molecule has 0 unspecified atom stereocenters. The third-order valence-corrected chi connectivity index (χ3v) is 5.49. The zero-order valence-corrected chi connectivity index (χ0v) is 19.9. The van der Waals surface area contributed by atoms with E-state index in [2.05, 4.69) is 5.32 Å². The van der Waals surface area contributed by atoms with Gasteiger partial charge in [0.25, 0.3) is 5.56 Å². The number of rotatable bonds is 8. The summed E-state index contributed by atoms with van der Waals surface area (Å²) in [4.78, 5) is 38.3. The van der Waals surface area contributed by atoms with Crippen LogP contribution in [0.2, 0.25) is 0 Å². The zero-order valence-electron chi connectivity index (χ0n) is 19.9. The number of carboxylic acid groups (broad SMARTS) is 1. The Morgan fingerprint density at radius 3 is 2.49 bits per heavy atom. The first kappa shape index (κ1) is 25.2. The first-order chi connectivity index (χ1) is 16.7. The first-order valence-electron chi connectivity index (χ1n) is 10.7. The highest BCUT2D eigenvalue weighted by Crippen LogP contribution is 2.38. The second kappa shape index (κ2) is 10.6. The number of benzene rings is 2. The van der Waals surface area contributed by atoms with Crippen LogP contribution in [0.15, 0.2) is 53.3 Å². The van der Waals surface area contributed by atoms with Gasteiger partial charge >= 0.3 is 12.0 Å². The second-order valence-corrected chi connectivity index (χ2v) is 7.71. The Labute approximate surface area is 202 Å². The lowest BCUT2D eigenvalue weighted by molar-refractivity contribution is -0.136. The molecular formula is C25H27N3O7. The van der Waals surface area contributed by atoms with Gasteiger partial charge in [-0.2, -0.15) is 0 Å². The molecule has 184 valence electrons. The van der Waals surface area contributed by atoms with Gasteiger partial charge in [-0.05, 0) is 42.8 Å². The van der Waals surface area contributed by atoms with Gasteiger partial charge < -0.3 is 29.6 Å². The van der Waals surface area contributed by atoms with E-state index in [9.17, 15) is 19.5 Å². The van der Waals surface area contributed by atoms with Crippen molar-refractivity contribution in [2.75, 3.05) is 25.7 Å². The van der Waals surface area contributed by atoms with Crippen molar-refractivity contribution in [2.24, 2.45) is 7.05 Å². The number of pyridine rings is 1. The molecule has 3 N–H and O–H groups in total. The molecule has 3 rings (SSSR count). The summed E-state index contributed by atoms with van der Waals surface area (Å²) in [5.41, 5.74) is 1.22. The van der Waals surface area contributed by atoms with Gasteiger partial charge in [0.15, 0.2) is 5.69 Å². The summed E-state index contributed by atoms with van der Waals surface area (Å²) in [5, 5.41) is 22.1. The van der Waals surface area contributed by atoms with Gasteiger partial charge in [-0.3, -0.25) is 14.5 Å². The van der Waals surface area contributed by atoms with E-state index in [0.717, 1.165) is 10.5 Å². The molecular weight excluding hydrogens is 454 g/mol. The number of urea groups is 1. The van der Waals surface area contributed by atoms with E-state index in [-0.39, 0.29) is 24.3 Å². The van der Waals surface area contributed by atoms with Crippen molar-refractivity contribution in [1.82, 2.24) is 9.88 Å². The van der Waals surface area contributed by atoms with E-state index in [1.165, 1.54) is 24.8 Å². The summed E-state index contributed by atoms with van der Waals surface area (Å²) in [6, 6.07) is 12.7. The maximum absolute atomic E-state index is 13.2. The Hall–Kier alpha value is -4.47. The molecule has 35 heavy (non-hydrogen) atoms. The molecule has 0 aliphatic rings. The van der Waals surface area contributed by atoms with Crippen LogP contribution in [0.1, 0.15) is 12.1 Å². The average molecular weight is 482 g/mol. The maximum atomic E-state index is 13.2. The van der Waals surface area contributed by atoms with Crippen LogP contribution in [0.5, 0.6) is 17.2 Å². The number of aliphatic carboxylic acids is 1. The predicted molar refractivity (Wildman–Crippen MR) is 131 cm³/mol. The minimum absolute atomic E-state index is 0.170. The highest BCUT2D eigenvalue weighted by atomic mass is 16.5. The fourth-order valence-corrected chi connectivity index (χ4v) is 3.56. The summed E-state index contributed by atoms with van der Waals surface area (Å²) in [7, 11) is 4.58. The molecule has 0 saturated heterocycles. The number of aromatic hydroxyl groups is 1. The summed E-state index contributed by atoms with van der Waals surface area (Å²) in [6.07, 6.45) is -0.310. The van der Waals surface area contributed by atoms with Crippen molar-refractivity contribution in [1.29, 1.82) is 0 Å². The van der Waals surface area contributed by atoms with E-state index in [1.54, 1.807) is 50.4 Å². The number of hydrogen-bond acceptors (Lipinski definition) is 6. The molecule has 2 aromatic carbocycles. The SMILES string of the molecule is COc1cccc(-c2cc(N(C(=O)NCCC(=O)O)c3c(O)cc(C)n(C)c3=O)ccc2OC)c1. The molecule has 0 aliphatic heterocycles. The lowest BCUT2D eigenvalue weighted by atomic mass is 10.0. The lowest BCUT2D eigenvalue weighted by Crippen LogP contribution is -2.41. The van der Waals surface area contributed by atoms with E-state index >= 15 is 0 Å². The number of anilines is 2. The molecule has 0 spiro atoms. The Bertz CT molecular complexity index is 1320. The molecule has 1 aromatic heterocycles. The minimum atomic E-state index is -1.09. The van der Waals surface area contributed by atoms with Gasteiger partial charge in [-0.1, -0.05) is 12.1 Å². The quantitative estimate of drug-likeness (QED) is 0.449. The molecule has 2 amide bonds. The van der Waals surface area contributed by atoms with Crippen molar-refractivity contribution < 1.29 is 29.3 Å². The minimum Gasteiger partial charge on any atom is -0.505 e. The Kier molecular flexibility index (Phi) is 7.65. The second-order valence-electron chi connectivity index (χ2n) is 7.71. The molecule has 0 saturated carbocycles. The van der Waals surface area contributed by atoms with Crippen LogP contribution < -0.4 is 25.2 Å². The fourth-order valence-electron chi connectivity index (χ4n) is 3.56. The third kappa shape index (κ3) is 5.37. The molecule has 10 heteroatoms. The Balaban J connectivity index is 2.21. The van der Waals surface area contributed by atoms with Gasteiger partial charge in [0, 0.05) is 30.9 Å². The van der Waals surface area contributed by atoms with Crippen LogP contribution in [0.25, 0.3) is 11.1 Å². The van der Waals surface area contributed by atoms with Crippen LogP contribution in [-0.2, 0) is 11.8 Å². The molecule has 3 aromatic rings. The number of nitrogens with one attached hydrogen (secondary N) is 1. The number of methoxy groups -OCH3 is 2. The van der Waals surface area contributed by atoms with Gasteiger partial charge in [-0.15, -0.1) is 0 Å². The van der Waals surface area contributed by atoms with E-state index < -0.39 is 23.3 Å². The molecule has 0 atom stereocenters. The number of aryl methyl sites for hydroxylation is 1. The highest BCUT2D eigenvalue weighted by molar-refractivity contribution is 6.01. The van der Waals surface area contributed by atoms with Crippen molar-refractivity contribution in [3.63, 3.8) is 0 Å². The number of carbonyl (C=O) groups is 2. The maximum Gasteiger partial charge on any atom is 0.326 e. The number of carbonyl (C=O) groups excluding carboxylic acids is 1. The van der Waals surface area contributed by atoms with Crippen LogP contribution in [-0.4, -0.2) is 47.5 Å². The average Bonchev–Trinajstić information content (AvgIpc) is 2.84. The Morgan fingerprint density at radius 2 is 1.83 bits per heavy atom. The first-order valence-corrected chi connectivity index (χ1v) is 10.7. The fraction of sp³-hybridized carbons (Fsp3) is 0.240. The lowest BCUT2D eigenvalue weighted by Gasteiger charge is -2.25. The number of nitrogens with zero attached hydrogens (tertiary/aromatic N) is 2. The number of hydrogen-bond donors (Lipinski definition) is 3. The Morgan fingerprint density at radius 1 is 1.09 bits per heavy atom. The smallest absolute Gasteiger partial charge is 0.326 e. The molecule has 0 fully saturated rings. The molecule has 1 heterocycles. The third-order valence-electron chi connectivity index (χ3n) is 5.49. The highest BCUT2D eigenvalue weighted by Gasteiger charge is 2.26. The van der Waals surface area contributed by atoms with Crippen molar-refractivity contribution >= 4 is 23.4 Å². The van der Waals surface area contributed by atoms with Gasteiger partial charge in [0.2, 0.25) is 0 Å². The summed E-state index contributed by atoms with van der Waals surface area (Å²) in [5.74, 6) is -0.356. The van der Waals surface area contributed by atoms with Crippen LogP contribution in [0.4, 0.5) is 16.2 Å². The van der Waals surface area contributed by atoms with Gasteiger partial charge in [0.05, 0.1) is 26.3 Å². The van der Waals surface area contributed by atoms with Crippen molar-refractivity contribution in [3.05, 3.63) is 64.6 Å². The largest absolute Gasteiger partial charge is 0.505 e. The number of amides is 2. The van der Waals surface area contributed by atoms with Gasteiger partial charge in [0.1, 0.15) is 17.2 Å². The normalized spacial score (nSPS) is 10.5. The summed E-state index contributed by atoms with van der Waals surface area (Å²) < 4.78 is 12.1. The van der Waals surface area contributed by atoms with Crippen LogP contribution in [0.3, 0.4) is 0 Å². The van der Waals surface area contributed by atoms with Crippen LogP contribution in [0, 0.1) is 6.92 Å². The van der Waals surface area contributed by atoms with Gasteiger partial charge in [-0.25, -0.2) is 4.79 Å². The topological polar surface area (TPSA) is 130 Å². The van der Waals surface area contributed by atoms with E-state index in [1.807, 2.05) is 6.07 Å². The monoisotopic (exact) mass is 481 g/mol. The van der Waals surface area contributed by atoms with Crippen molar-refractivity contribution in [2.45, 2.75) is 13.3 Å². The summed E-state index contributed by atoms with van der Waals surface area (Å²) in [6.45, 7) is 1.48. The molecule has 10 nitrogen and oxygen atoms in total. The van der Waals surface area contributed by atoms with E-state index in [0.29, 0.717) is 22.8 Å². The van der Waals surface area contributed by atoms with Crippen molar-refractivity contribution in [3.8, 4) is 28.4 Å². The standard InChI is InChI=1S/C25H27N3O7/c1-15-12-20(29)23(24(32)27(15)2)28(25(33)26-11-10-22(30)31)17-8-9-21(35-4)19(14-17)16-6-5-7-18(13-16)34-3/h5-9,12-14,29H,10-11H2,1-4H3,(H,26,33)(H,30,31). The molecule has 0 bridgehead atoms. The van der Waals surface area contributed by atoms with E-state index in [4.69, 9.17) is 14.6 Å². The molecule has 0 aliphatic carbocycles. The summed E-state index contributed by atoms with van der Waals surface area (Å²) >= 11 is 0. The zero-order chi connectivity index (χ0) is 25.7. The predicted octanol–water partition coefficient (Wildman–Crippen LogP) is 3.41.